The number of hydrogen-bond donors (Lipinski definition) is 0. The van der Waals surface area contributed by atoms with Gasteiger partial charge in [-0.25, -0.2) is 16.8 Å². The maximum Gasteiger partial charge on any atom is 1.00 e. The summed E-state index contributed by atoms with van der Waals surface area (Å²) in [7, 11) is -9.22. The summed E-state index contributed by atoms with van der Waals surface area (Å²) in [4.78, 5) is -0.875. The van der Waals surface area contributed by atoms with Crippen molar-refractivity contribution in [2.45, 2.75) is 9.79 Å². The summed E-state index contributed by atoms with van der Waals surface area (Å²) in [6, 6.07) is 7.18. The molecule has 0 atom stereocenters. The van der Waals surface area contributed by atoms with Crippen molar-refractivity contribution in [3.8, 4) is 0 Å². The predicted molar refractivity (Wildman–Crippen MR) is 73.0 cm³/mol. The minimum atomic E-state index is -4.61. The van der Waals surface area contributed by atoms with Crippen LogP contribution in [0.5, 0.6) is 0 Å². The molecule has 114 valence electrons. The fourth-order valence-electron chi connectivity index (χ4n) is 2.06. The van der Waals surface area contributed by atoms with Crippen LogP contribution >= 0.6 is 0 Å². The molecule has 0 aliphatic rings. The van der Waals surface area contributed by atoms with Gasteiger partial charge in [0.2, 0.25) is 0 Å². The van der Waals surface area contributed by atoms with Gasteiger partial charge in [-0.2, -0.15) is 0 Å². The monoisotopic (exact) mass is 384 g/mol. The van der Waals surface area contributed by atoms with Gasteiger partial charge in [0.05, 0.1) is 20.8 Å². The molecule has 8 nitrogen and oxygen atoms in total. The summed E-state index contributed by atoms with van der Waals surface area (Å²) < 4.78 is 65.9. The topological polar surface area (TPSA) is 140 Å². The van der Waals surface area contributed by atoms with Crippen LogP contribution in [0.2, 0.25) is 0 Å². The number of rotatable bonds is 2. The Morgan fingerprint density at radius 1 is 0.667 bits per heavy atom. The standard InChI is InChI=1S/C12H8N2O6S2.2Na/c15-21(16,17)7-1-3-9-10-4-2-8(22(18,19)20)6-12(10)14-13-11(9)5-7;;/h1-6H,(H,15,16,17)(H,18,19,20);;/q;2*+1/p-2. The molecule has 12 heteroatoms. The summed E-state index contributed by atoms with van der Waals surface area (Å²) >= 11 is 0. The molecule has 0 radical (unpaired) electrons. The molecule has 0 saturated carbocycles. The van der Waals surface area contributed by atoms with E-state index in [1.165, 1.54) is 12.1 Å². The Kier molecular flexibility index (Phi) is 6.95. The Morgan fingerprint density at radius 2 is 1.00 bits per heavy atom. The summed E-state index contributed by atoms with van der Waals surface area (Å²) in [5, 5.41) is 8.47. The maximum atomic E-state index is 11.0. The van der Waals surface area contributed by atoms with Crippen LogP contribution in [-0.2, 0) is 20.2 Å². The molecule has 0 bridgehead atoms. The summed E-state index contributed by atoms with van der Waals surface area (Å²) in [6.07, 6.45) is 0. The van der Waals surface area contributed by atoms with E-state index >= 15 is 0 Å². The third-order valence-electron chi connectivity index (χ3n) is 3.07. The second kappa shape index (κ2) is 7.62. The van der Waals surface area contributed by atoms with E-state index in [9.17, 15) is 25.9 Å². The molecule has 1 aromatic heterocycles. The van der Waals surface area contributed by atoms with Gasteiger partial charge in [0.1, 0.15) is 20.2 Å². The maximum absolute atomic E-state index is 11.0. The zero-order chi connectivity index (χ0) is 16.1. The van der Waals surface area contributed by atoms with Crippen LogP contribution in [0.15, 0.2) is 46.2 Å². The molecule has 0 amide bonds. The molecule has 3 aromatic rings. The fraction of sp³-hybridized carbons (Fsp3) is 0. The van der Waals surface area contributed by atoms with Gasteiger partial charge in [0, 0.05) is 10.8 Å². The second-order valence-electron chi connectivity index (χ2n) is 4.47. The van der Waals surface area contributed by atoms with Gasteiger partial charge in [-0.3, -0.25) is 0 Å². The summed E-state index contributed by atoms with van der Waals surface area (Å²) in [5.74, 6) is 0. The number of nitrogens with zero attached hydrogens (tertiary/aromatic N) is 2. The van der Waals surface area contributed by atoms with Gasteiger partial charge in [-0.15, -0.1) is 10.2 Å². The van der Waals surface area contributed by atoms with E-state index in [0.29, 0.717) is 10.8 Å². The van der Waals surface area contributed by atoms with Crippen molar-refractivity contribution in [3.05, 3.63) is 36.4 Å². The van der Waals surface area contributed by atoms with Crippen LogP contribution in [0.3, 0.4) is 0 Å². The first-order chi connectivity index (χ1) is 10.2. The quantitative estimate of drug-likeness (QED) is 0.242. The van der Waals surface area contributed by atoms with Crippen LogP contribution in [0.25, 0.3) is 21.8 Å². The van der Waals surface area contributed by atoms with Crippen LogP contribution in [0.1, 0.15) is 0 Å². The Morgan fingerprint density at radius 3 is 1.29 bits per heavy atom. The molecule has 0 unspecified atom stereocenters. The Bertz CT molecular complexity index is 1040. The van der Waals surface area contributed by atoms with Crippen LogP contribution in [0, 0.1) is 0 Å². The van der Waals surface area contributed by atoms with Crippen LogP contribution in [-0.4, -0.2) is 36.1 Å². The average molecular weight is 384 g/mol. The molecule has 0 saturated heterocycles. The molecular weight excluding hydrogens is 378 g/mol. The smallest absolute Gasteiger partial charge is 0.744 e. The normalized spacial score (nSPS) is 11.8. The van der Waals surface area contributed by atoms with Gasteiger partial charge >= 0.3 is 59.1 Å². The van der Waals surface area contributed by atoms with E-state index in [1.807, 2.05) is 0 Å². The van der Waals surface area contributed by atoms with Crippen molar-refractivity contribution in [1.29, 1.82) is 0 Å². The number of aromatic nitrogens is 2. The number of benzene rings is 2. The van der Waals surface area contributed by atoms with Crippen molar-refractivity contribution >= 4 is 42.0 Å². The first-order valence-electron chi connectivity index (χ1n) is 5.78. The van der Waals surface area contributed by atoms with Crippen LogP contribution in [0.4, 0.5) is 0 Å². The second-order valence-corrected chi connectivity index (χ2v) is 7.23. The van der Waals surface area contributed by atoms with Gasteiger partial charge in [0.25, 0.3) is 0 Å². The molecular formula is C12H6N2Na2O6S2. The number of hydrogen-bond acceptors (Lipinski definition) is 8. The average Bonchev–Trinajstić information content (AvgIpc) is 2.44. The molecule has 0 fully saturated rings. The van der Waals surface area contributed by atoms with E-state index in [-0.39, 0.29) is 70.1 Å². The zero-order valence-electron chi connectivity index (χ0n) is 12.6. The predicted octanol–water partition coefficient (Wildman–Crippen LogP) is -5.40. The minimum Gasteiger partial charge on any atom is -0.744 e. The van der Waals surface area contributed by atoms with Crippen molar-refractivity contribution in [2.24, 2.45) is 0 Å². The van der Waals surface area contributed by atoms with Crippen molar-refractivity contribution in [1.82, 2.24) is 10.2 Å². The largest absolute Gasteiger partial charge is 1.00 e. The van der Waals surface area contributed by atoms with E-state index < -0.39 is 30.0 Å². The third-order valence-corrected chi connectivity index (χ3v) is 4.73. The van der Waals surface area contributed by atoms with Gasteiger partial charge in [-0.05, 0) is 24.3 Å². The Balaban J connectivity index is 0.00000144. The number of fused-ring (bicyclic) bond motifs is 3. The molecule has 24 heavy (non-hydrogen) atoms. The Hall–Kier alpha value is -0.140. The van der Waals surface area contributed by atoms with Crippen molar-refractivity contribution in [2.75, 3.05) is 0 Å². The van der Waals surface area contributed by atoms with E-state index in [2.05, 4.69) is 10.2 Å². The molecule has 0 spiro atoms. The van der Waals surface area contributed by atoms with E-state index in [4.69, 9.17) is 0 Å². The molecule has 2 aromatic carbocycles. The molecule has 0 aliphatic carbocycles. The minimum absolute atomic E-state index is 0. The third kappa shape index (κ3) is 4.33. The zero-order valence-corrected chi connectivity index (χ0v) is 18.3. The molecule has 0 aliphatic heterocycles. The van der Waals surface area contributed by atoms with Gasteiger partial charge in [0.15, 0.2) is 0 Å². The Labute approximate surface area is 181 Å². The van der Waals surface area contributed by atoms with Crippen molar-refractivity contribution < 1.29 is 85.1 Å². The SMILES string of the molecule is O=S(=O)([O-])c1ccc2c(c1)nnc1cc(S(=O)(=O)[O-])ccc12.[Na+].[Na+]. The molecule has 0 N–H and O–H groups in total. The first kappa shape index (κ1) is 21.9. The van der Waals surface area contributed by atoms with Crippen LogP contribution < -0.4 is 59.1 Å². The summed E-state index contributed by atoms with van der Waals surface area (Å²) in [6.45, 7) is 0. The van der Waals surface area contributed by atoms with Gasteiger partial charge in [-0.1, -0.05) is 12.1 Å². The van der Waals surface area contributed by atoms with E-state index in [0.717, 1.165) is 24.3 Å². The summed E-state index contributed by atoms with van der Waals surface area (Å²) in [5.41, 5.74) is 0.337. The van der Waals surface area contributed by atoms with Crippen molar-refractivity contribution in [3.63, 3.8) is 0 Å². The molecule has 3 rings (SSSR count). The molecule has 1 heterocycles. The fourth-order valence-corrected chi connectivity index (χ4v) is 3.04. The first-order valence-corrected chi connectivity index (χ1v) is 8.60. The van der Waals surface area contributed by atoms with E-state index in [1.54, 1.807) is 0 Å². The van der Waals surface area contributed by atoms with Gasteiger partial charge < -0.3 is 9.11 Å².